The van der Waals surface area contributed by atoms with Gasteiger partial charge in [-0.2, -0.15) is 0 Å². The Kier molecular flexibility index (Phi) is 9.30. The van der Waals surface area contributed by atoms with Gasteiger partial charge in [-0.15, -0.1) is 0 Å². The Morgan fingerprint density at radius 2 is 1.61 bits per heavy atom. The van der Waals surface area contributed by atoms with Crippen molar-refractivity contribution in [2.45, 2.75) is 47.6 Å². The molecule has 0 radical (unpaired) electrons. The third-order valence-corrected chi connectivity index (χ3v) is 7.50. The number of pyridine rings is 1. The van der Waals surface area contributed by atoms with Gasteiger partial charge in [0.25, 0.3) is 0 Å². The fourth-order valence-electron chi connectivity index (χ4n) is 5.16. The van der Waals surface area contributed by atoms with Crippen LogP contribution < -0.4 is 0 Å². The van der Waals surface area contributed by atoms with Gasteiger partial charge in [-0.05, 0) is 49.7 Å². The van der Waals surface area contributed by atoms with E-state index >= 15 is 0 Å². The molecule has 4 rings (SSSR count). The van der Waals surface area contributed by atoms with Gasteiger partial charge in [-0.3, -0.25) is 9.80 Å². The van der Waals surface area contributed by atoms with Gasteiger partial charge in [0.2, 0.25) is 0 Å². The van der Waals surface area contributed by atoms with Crippen molar-refractivity contribution in [2.24, 2.45) is 0 Å². The molecule has 0 atom stereocenters. The van der Waals surface area contributed by atoms with Gasteiger partial charge < -0.3 is 9.47 Å². The van der Waals surface area contributed by atoms with Crippen molar-refractivity contribution in [3.8, 4) is 0 Å². The Balaban J connectivity index is 1.29. The Morgan fingerprint density at radius 1 is 0.917 bits per heavy atom. The molecule has 6 heteroatoms. The summed E-state index contributed by atoms with van der Waals surface area (Å²) < 4.78 is 2.28. The summed E-state index contributed by atoms with van der Waals surface area (Å²) in [6.45, 7) is 22.1. The van der Waals surface area contributed by atoms with E-state index in [1.807, 2.05) is 0 Å². The molecule has 0 spiro atoms. The lowest BCUT2D eigenvalue weighted by Crippen LogP contribution is -2.48. The minimum Gasteiger partial charge on any atom is -0.308 e. The van der Waals surface area contributed by atoms with Crippen LogP contribution in [-0.4, -0.2) is 88.1 Å². The zero-order chi connectivity index (χ0) is 25.5. The van der Waals surface area contributed by atoms with Crippen LogP contribution in [-0.2, 0) is 13.0 Å². The Hall–Kier alpha value is -2.54. The molecule has 0 aliphatic carbocycles. The second-order valence-electron chi connectivity index (χ2n) is 10.0. The minimum atomic E-state index is 0.804. The van der Waals surface area contributed by atoms with Gasteiger partial charge in [-0.25, -0.2) is 9.97 Å². The average Bonchev–Trinajstić information content (AvgIpc) is 3.24. The van der Waals surface area contributed by atoms with E-state index in [4.69, 9.17) is 9.97 Å². The summed E-state index contributed by atoms with van der Waals surface area (Å²) in [5, 5.41) is 0. The monoisotopic (exact) mass is 488 g/mol. The largest absolute Gasteiger partial charge is 0.308 e. The maximum absolute atomic E-state index is 4.88. The number of hydrogen-bond donors (Lipinski definition) is 0. The van der Waals surface area contributed by atoms with E-state index in [2.05, 4.69) is 96.4 Å². The summed E-state index contributed by atoms with van der Waals surface area (Å²) in [7, 11) is 0. The second kappa shape index (κ2) is 12.6. The number of likely N-dealkylation sites (N-methyl/N-ethyl adjacent to an activating group) is 1. The average molecular weight is 489 g/mol. The van der Waals surface area contributed by atoms with Gasteiger partial charge in [0.05, 0.1) is 6.54 Å². The predicted molar refractivity (Wildman–Crippen MR) is 152 cm³/mol. The number of nitrogens with zero attached hydrogens (tertiary/aromatic N) is 6. The van der Waals surface area contributed by atoms with Crippen LogP contribution >= 0.6 is 0 Å². The van der Waals surface area contributed by atoms with Crippen LogP contribution in [0, 0.1) is 13.8 Å². The molecule has 3 aromatic rings. The van der Waals surface area contributed by atoms with Crippen molar-refractivity contribution in [1.82, 2.24) is 29.2 Å². The molecule has 36 heavy (non-hydrogen) atoms. The normalized spacial score (nSPS) is 15.6. The topological polar surface area (TPSA) is 40.4 Å². The van der Waals surface area contributed by atoms with Crippen LogP contribution in [0.25, 0.3) is 17.2 Å². The fraction of sp³-hybridized carbons (Fsp3) is 0.533. The summed E-state index contributed by atoms with van der Waals surface area (Å²) in [6, 6.07) is 11.1. The lowest BCUT2D eigenvalue weighted by molar-refractivity contribution is 0.128. The highest BCUT2D eigenvalue weighted by atomic mass is 15.3. The van der Waals surface area contributed by atoms with E-state index in [9.17, 15) is 0 Å². The maximum Gasteiger partial charge on any atom is 0.160 e. The number of aromatic nitrogens is 3. The maximum atomic E-state index is 4.88. The lowest BCUT2D eigenvalue weighted by atomic mass is 10.1. The number of piperazine rings is 1. The van der Waals surface area contributed by atoms with Gasteiger partial charge in [-0.1, -0.05) is 57.2 Å². The lowest BCUT2D eigenvalue weighted by Gasteiger charge is -2.35. The Labute approximate surface area is 217 Å². The van der Waals surface area contributed by atoms with Crippen molar-refractivity contribution in [3.05, 3.63) is 64.6 Å². The Morgan fingerprint density at radius 3 is 2.28 bits per heavy atom. The number of hydrogen-bond acceptors (Lipinski definition) is 5. The first kappa shape index (κ1) is 26.5. The van der Waals surface area contributed by atoms with E-state index in [0.717, 1.165) is 68.4 Å². The summed E-state index contributed by atoms with van der Waals surface area (Å²) in [4.78, 5) is 17.4. The molecule has 1 fully saturated rings. The molecule has 0 unspecified atom stereocenters. The number of benzene rings is 1. The highest BCUT2D eigenvalue weighted by Gasteiger charge is 2.16. The second-order valence-corrected chi connectivity index (χ2v) is 10.0. The Bertz CT molecular complexity index is 1130. The highest BCUT2D eigenvalue weighted by molar-refractivity contribution is 5.76. The van der Waals surface area contributed by atoms with Gasteiger partial charge in [0.15, 0.2) is 5.65 Å². The first-order valence-corrected chi connectivity index (χ1v) is 13.8. The summed E-state index contributed by atoms with van der Waals surface area (Å²) in [5.41, 5.74) is 6.82. The van der Waals surface area contributed by atoms with E-state index in [0.29, 0.717) is 0 Å². The van der Waals surface area contributed by atoms with Crippen LogP contribution in [0.3, 0.4) is 0 Å². The van der Waals surface area contributed by atoms with Crippen molar-refractivity contribution in [2.75, 3.05) is 58.9 Å². The molecule has 1 aliphatic heterocycles. The van der Waals surface area contributed by atoms with Gasteiger partial charge >= 0.3 is 0 Å². The summed E-state index contributed by atoms with van der Waals surface area (Å²) in [5.74, 6) is 1.10. The van der Waals surface area contributed by atoms with Crippen LogP contribution in [0.5, 0.6) is 0 Å². The number of fused-ring (bicyclic) bond motifs is 1. The SMILES string of the molecule is CCc1nc2c(C)cc(C)nc2n1Cc1ccc(/C=C/CN2CCN(CCN(CC)CC)CC2)cc1. The summed E-state index contributed by atoms with van der Waals surface area (Å²) in [6.07, 6.45) is 5.48. The van der Waals surface area contributed by atoms with E-state index in [1.165, 1.54) is 42.9 Å². The quantitative estimate of drug-likeness (QED) is 0.394. The molecule has 0 saturated carbocycles. The molecule has 1 saturated heterocycles. The predicted octanol–water partition coefficient (Wildman–Crippen LogP) is 4.63. The summed E-state index contributed by atoms with van der Waals surface area (Å²) >= 11 is 0. The number of aryl methyl sites for hydroxylation is 3. The molecule has 194 valence electrons. The van der Waals surface area contributed by atoms with Crippen LogP contribution in [0.4, 0.5) is 0 Å². The molecule has 3 heterocycles. The first-order chi connectivity index (χ1) is 17.5. The zero-order valence-electron chi connectivity index (χ0n) is 23.0. The van der Waals surface area contributed by atoms with E-state index in [-0.39, 0.29) is 0 Å². The molecular weight excluding hydrogens is 444 g/mol. The molecular formula is C30H44N6. The highest BCUT2D eigenvalue weighted by Crippen LogP contribution is 2.21. The van der Waals surface area contributed by atoms with Crippen LogP contribution in [0.15, 0.2) is 36.4 Å². The van der Waals surface area contributed by atoms with Crippen LogP contribution in [0.2, 0.25) is 0 Å². The third-order valence-electron chi connectivity index (χ3n) is 7.50. The molecule has 6 nitrogen and oxygen atoms in total. The number of imidazole rings is 1. The smallest absolute Gasteiger partial charge is 0.160 e. The van der Waals surface area contributed by atoms with E-state index in [1.54, 1.807) is 0 Å². The molecule has 0 N–H and O–H groups in total. The molecule has 0 bridgehead atoms. The molecule has 1 aliphatic rings. The van der Waals surface area contributed by atoms with E-state index < -0.39 is 0 Å². The van der Waals surface area contributed by atoms with Crippen molar-refractivity contribution in [3.63, 3.8) is 0 Å². The third kappa shape index (κ3) is 6.61. The standard InChI is InChI=1S/C30H44N6/c1-6-28-32-29-24(4)22-25(5)31-30(29)36(28)23-27-13-11-26(12-14-27)10-9-15-34-18-20-35(21-19-34)17-16-33(7-2)8-3/h9-14,22H,6-8,15-21,23H2,1-5H3/b10-9+. The van der Waals surface area contributed by atoms with Gasteiger partial charge in [0.1, 0.15) is 11.3 Å². The molecule has 0 amide bonds. The minimum absolute atomic E-state index is 0.804. The molecule has 2 aromatic heterocycles. The zero-order valence-corrected chi connectivity index (χ0v) is 23.0. The first-order valence-electron chi connectivity index (χ1n) is 13.8. The van der Waals surface area contributed by atoms with Crippen molar-refractivity contribution >= 4 is 17.2 Å². The van der Waals surface area contributed by atoms with Crippen molar-refractivity contribution < 1.29 is 0 Å². The number of rotatable bonds is 11. The fourth-order valence-corrected chi connectivity index (χ4v) is 5.16. The molecule has 1 aromatic carbocycles. The van der Waals surface area contributed by atoms with Crippen molar-refractivity contribution in [1.29, 1.82) is 0 Å². The van der Waals surface area contributed by atoms with Crippen LogP contribution in [0.1, 0.15) is 49.0 Å². The van der Waals surface area contributed by atoms with Gasteiger partial charge in [0, 0.05) is 57.9 Å².